The first-order valence-corrected chi connectivity index (χ1v) is 20.0. The normalized spacial score (nSPS) is 12.6. The highest BCUT2D eigenvalue weighted by atomic mass is 15.2. The molecule has 9 heteroatoms. The van der Waals surface area contributed by atoms with Crippen molar-refractivity contribution in [3.05, 3.63) is 0 Å². The Morgan fingerprint density at radius 1 is 0.426 bits per heavy atom. The Balaban J connectivity index is 4.99. The summed E-state index contributed by atoms with van der Waals surface area (Å²) < 4.78 is 0. The highest BCUT2D eigenvalue weighted by Gasteiger charge is 2.13. The molecule has 0 heterocycles. The summed E-state index contributed by atoms with van der Waals surface area (Å²) in [6.07, 6.45) is 8.92. The molecule has 284 valence electrons. The van der Waals surface area contributed by atoms with E-state index < -0.39 is 0 Å². The lowest BCUT2D eigenvalue weighted by Gasteiger charge is -2.31. The Labute approximate surface area is 295 Å². The summed E-state index contributed by atoms with van der Waals surface area (Å²) in [5, 5.41) is 10.9. The highest BCUT2D eigenvalue weighted by molar-refractivity contribution is 4.71. The van der Waals surface area contributed by atoms with Crippen LogP contribution in [0, 0.1) is 17.8 Å². The van der Waals surface area contributed by atoms with Crippen molar-refractivity contribution in [3.63, 3.8) is 0 Å². The van der Waals surface area contributed by atoms with Crippen LogP contribution in [-0.2, 0) is 0 Å². The predicted octanol–water partition coefficient (Wildman–Crippen LogP) is 3.99. The van der Waals surface area contributed by atoms with E-state index in [-0.39, 0.29) is 0 Å². The lowest BCUT2D eigenvalue weighted by molar-refractivity contribution is 0.167. The zero-order chi connectivity index (χ0) is 35.1. The van der Waals surface area contributed by atoms with Crippen LogP contribution in [0.1, 0.15) is 100 Å². The van der Waals surface area contributed by atoms with Crippen LogP contribution in [-0.4, -0.2) is 150 Å². The minimum absolute atomic E-state index is 0.585. The van der Waals surface area contributed by atoms with Crippen molar-refractivity contribution in [1.29, 1.82) is 0 Å². The molecule has 47 heavy (non-hydrogen) atoms. The van der Waals surface area contributed by atoms with Crippen LogP contribution in [0.2, 0.25) is 0 Å². The molecule has 0 bridgehead atoms. The van der Waals surface area contributed by atoms with Gasteiger partial charge in [0.05, 0.1) is 0 Å². The molecule has 0 atom stereocenters. The van der Waals surface area contributed by atoms with Crippen LogP contribution in [0.25, 0.3) is 0 Å². The zero-order valence-electron chi connectivity index (χ0n) is 33.1. The standard InChI is InChI=1S/C38H87N9/c1-35(2)15-19-41-20-27-46(28-21-42-33-36(3)4)30-29-45(31-32-47(26-17-40)34-37(5)6)24-14-10-13-23-44(25-16-39)22-12-9-11-18-43-38(7)8/h35-38,41-43H,9-34,39-40H2,1-8H3. The number of hydrogen-bond acceptors (Lipinski definition) is 9. The van der Waals surface area contributed by atoms with Gasteiger partial charge in [0.25, 0.3) is 0 Å². The number of hydrogen-bond donors (Lipinski definition) is 5. The van der Waals surface area contributed by atoms with Gasteiger partial charge in [0.15, 0.2) is 0 Å². The number of nitrogens with one attached hydrogen (secondary N) is 3. The summed E-state index contributed by atoms with van der Waals surface area (Å²) in [6.45, 7) is 38.7. The van der Waals surface area contributed by atoms with E-state index in [1.807, 2.05) is 0 Å². The molecule has 0 aliphatic rings. The molecule has 0 unspecified atom stereocenters. The Morgan fingerprint density at radius 3 is 1.43 bits per heavy atom. The van der Waals surface area contributed by atoms with Crippen molar-refractivity contribution in [2.24, 2.45) is 29.2 Å². The summed E-state index contributed by atoms with van der Waals surface area (Å²) >= 11 is 0. The summed E-state index contributed by atoms with van der Waals surface area (Å²) in [7, 11) is 0. The Morgan fingerprint density at radius 2 is 0.915 bits per heavy atom. The maximum Gasteiger partial charge on any atom is 0.0110 e. The largest absolute Gasteiger partial charge is 0.329 e. The molecular weight excluding hydrogens is 582 g/mol. The molecule has 0 amide bonds. The quantitative estimate of drug-likeness (QED) is 0.0635. The van der Waals surface area contributed by atoms with Crippen LogP contribution in [0.15, 0.2) is 0 Å². The topological polar surface area (TPSA) is 101 Å². The second kappa shape index (κ2) is 32.8. The molecule has 9 nitrogen and oxygen atoms in total. The van der Waals surface area contributed by atoms with Crippen molar-refractivity contribution in [1.82, 2.24) is 35.6 Å². The third-order valence-electron chi connectivity index (χ3n) is 8.79. The van der Waals surface area contributed by atoms with E-state index in [2.05, 4.69) is 90.9 Å². The molecule has 0 aromatic carbocycles. The molecule has 0 radical (unpaired) electrons. The van der Waals surface area contributed by atoms with Crippen molar-refractivity contribution < 1.29 is 0 Å². The van der Waals surface area contributed by atoms with E-state index in [4.69, 9.17) is 11.5 Å². The first kappa shape index (κ1) is 46.6. The lowest BCUT2D eigenvalue weighted by atomic mass is 10.1. The van der Waals surface area contributed by atoms with E-state index >= 15 is 0 Å². The Hall–Kier alpha value is -0.360. The molecule has 0 spiro atoms. The van der Waals surface area contributed by atoms with Crippen LogP contribution in [0.4, 0.5) is 0 Å². The van der Waals surface area contributed by atoms with Gasteiger partial charge in [-0.3, -0.25) is 4.90 Å². The SMILES string of the molecule is CC(C)CCNCCN(CCNCC(C)C)CCN(CCCCCN(CCN)CCCCCNC(C)C)CCN(CCN)CC(C)C. The van der Waals surface area contributed by atoms with Crippen LogP contribution >= 0.6 is 0 Å². The molecule has 7 N–H and O–H groups in total. The predicted molar refractivity (Wildman–Crippen MR) is 210 cm³/mol. The molecule has 0 aromatic heterocycles. The smallest absolute Gasteiger partial charge is 0.0110 e. The highest BCUT2D eigenvalue weighted by Crippen LogP contribution is 2.06. The van der Waals surface area contributed by atoms with E-state index in [1.54, 1.807) is 0 Å². The van der Waals surface area contributed by atoms with Crippen molar-refractivity contribution >= 4 is 0 Å². The van der Waals surface area contributed by atoms with Crippen LogP contribution in [0.3, 0.4) is 0 Å². The second-order valence-electron chi connectivity index (χ2n) is 15.6. The fraction of sp³-hybridized carbons (Fsp3) is 1.00. The third-order valence-corrected chi connectivity index (χ3v) is 8.79. The van der Waals surface area contributed by atoms with Gasteiger partial charge in [0.2, 0.25) is 0 Å². The van der Waals surface area contributed by atoms with Crippen molar-refractivity contribution in [2.45, 2.75) is 106 Å². The minimum Gasteiger partial charge on any atom is -0.329 e. The molecule has 0 fully saturated rings. The maximum atomic E-state index is 6.00. The van der Waals surface area contributed by atoms with Gasteiger partial charge >= 0.3 is 0 Å². The van der Waals surface area contributed by atoms with Gasteiger partial charge in [-0.2, -0.15) is 0 Å². The summed E-state index contributed by atoms with van der Waals surface area (Å²) in [4.78, 5) is 10.6. The fourth-order valence-electron chi connectivity index (χ4n) is 6.00. The van der Waals surface area contributed by atoms with E-state index in [0.717, 1.165) is 111 Å². The number of nitrogens with two attached hydrogens (primary N) is 2. The second-order valence-corrected chi connectivity index (χ2v) is 15.6. The Kier molecular flexibility index (Phi) is 32.6. The Bertz CT molecular complexity index is 632. The molecule has 0 aliphatic carbocycles. The molecular formula is C38H87N9. The van der Waals surface area contributed by atoms with Gasteiger partial charge in [0, 0.05) is 91.1 Å². The van der Waals surface area contributed by atoms with Gasteiger partial charge in [-0.15, -0.1) is 0 Å². The van der Waals surface area contributed by atoms with Gasteiger partial charge in [0.1, 0.15) is 0 Å². The third kappa shape index (κ3) is 32.6. The van der Waals surface area contributed by atoms with Crippen LogP contribution < -0.4 is 27.4 Å². The monoisotopic (exact) mass is 670 g/mol. The lowest BCUT2D eigenvalue weighted by Crippen LogP contribution is -2.44. The molecule has 0 aromatic rings. The molecule has 0 rings (SSSR count). The zero-order valence-corrected chi connectivity index (χ0v) is 33.1. The van der Waals surface area contributed by atoms with E-state index in [1.165, 1.54) is 64.6 Å². The minimum atomic E-state index is 0.585. The van der Waals surface area contributed by atoms with Gasteiger partial charge in [-0.05, 0) is 89.1 Å². The van der Waals surface area contributed by atoms with Gasteiger partial charge < -0.3 is 42.1 Å². The van der Waals surface area contributed by atoms with Crippen LogP contribution in [0.5, 0.6) is 0 Å². The summed E-state index contributed by atoms with van der Waals surface area (Å²) in [6, 6.07) is 0.585. The van der Waals surface area contributed by atoms with Gasteiger partial charge in [-0.25, -0.2) is 0 Å². The molecule has 0 saturated carbocycles. The van der Waals surface area contributed by atoms with Crippen molar-refractivity contribution in [3.8, 4) is 0 Å². The van der Waals surface area contributed by atoms with Gasteiger partial charge in [-0.1, -0.05) is 68.2 Å². The number of nitrogens with zero attached hydrogens (tertiary/aromatic N) is 4. The van der Waals surface area contributed by atoms with E-state index in [0.29, 0.717) is 17.9 Å². The summed E-state index contributed by atoms with van der Waals surface area (Å²) in [5.41, 5.74) is 12.0. The van der Waals surface area contributed by atoms with Crippen molar-refractivity contribution in [2.75, 3.05) is 124 Å². The average molecular weight is 670 g/mol. The van der Waals surface area contributed by atoms with E-state index in [9.17, 15) is 0 Å². The first-order valence-electron chi connectivity index (χ1n) is 20.0. The molecule has 0 saturated heterocycles. The number of rotatable bonds is 36. The first-order chi connectivity index (χ1) is 22.6. The number of unbranched alkanes of at least 4 members (excludes halogenated alkanes) is 4. The fourth-order valence-corrected chi connectivity index (χ4v) is 6.00. The average Bonchev–Trinajstić information content (AvgIpc) is 3.00. The molecule has 0 aliphatic heterocycles. The maximum absolute atomic E-state index is 6.00. The summed E-state index contributed by atoms with van der Waals surface area (Å²) in [5.74, 6) is 2.12.